The van der Waals surface area contributed by atoms with Gasteiger partial charge in [-0.3, -0.25) is 4.79 Å². The fourth-order valence-electron chi connectivity index (χ4n) is 4.23. The van der Waals surface area contributed by atoms with E-state index in [0.717, 1.165) is 24.2 Å². The number of aromatic hydroxyl groups is 1. The minimum absolute atomic E-state index is 0.116. The summed E-state index contributed by atoms with van der Waals surface area (Å²) in [4.78, 5) is 14.6. The number of benzene rings is 1. The molecule has 11 heteroatoms. The molecule has 1 fully saturated rings. The zero-order chi connectivity index (χ0) is 25.1. The molecular weight excluding hydrogens is 470 g/mol. The van der Waals surface area contributed by atoms with Gasteiger partial charge in [0.05, 0.1) is 36.2 Å². The number of likely N-dealkylation sites (tertiary alicyclic amines) is 1. The Kier molecular flexibility index (Phi) is 7.58. The van der Waals surface area contributed by atoms with Crippen LogP contribution in [0.5, 0.6) is 5.75 Å². The Labute approximate surface area is 207 Å². The second kappa shape index (κ2) is 10.6. The van der Waals surface area contributed by atoms with E-state index in [1.165, 1.54) is 6.07 Å². The van der Waals surface area contributed by atoms with Gasteiger partial charge in [-0.25, -0.2) is 0 Å². The summed E-state index contributed by atoms with van der Waals surface area (Å²) in [5.41, 5.74) is 1.43. The van der Waals surface area contributed by atoms with Crippen LogP contribution in [0.15, 0.2) is 34.9 Å². The van der Waals surface area contributed by atoms with Crippen molar-refractivity contribution in [3.63, 3.8) is 0 Å². The van der Waals surface area contributed by atoms with Crippen LogP contribution in [0.2, 0.25) is 0 Å². The molecule has 1 saturated heterocycles. The number of aliphatic hydroxyl groups is 1. The van der Waals surface area contributed by atoms with Crippen molar-refractivity contribution >= 4 is 34.4 Å². The van der Waals surface area contributed by atoms with Gasteiger partial charge in [0.1, 0.15) is 5.76 Å². The number of hydrogen-bond donors (Lipinski definition) is 4. The highest BCUT2D eigenvalue weighted by Gasteiger charge is 2.31. The molecule has 3 heterocycles. The predicted octanol–water partition coefficient (Wildman–Crippen LogP) is 4.53. The molecule has 10 nitrogen and oxygen atoms in total. The first-order chi connectivity index (χ1) is 16.8. The van der Waals surface area contributed by atoms with Gasteiger partial charge in [0, 0.05) is 15.3 Å². The molecule has 1 aromatic carbocycles. The molecule has 0 radical (unpaired) electrons. The quantitative estimate of drug-likeness (QED) is 0.245. The Morgan fingerprint density at radius 2 is 2.11 bits per heavy atom. The Balaban J connectivity index is 1.56. The minimum Gasteiger partial charge on any atom is -0.546 e. The number of nitrogens with zero attached hydrogens (tertiary/aromatic N) is 3. The van der Waals surface area contributed by atoms with Crippen molar-refractivity contribution in [2.45, 2.75) is 58.0 Å². The van der Waals surface area contributed by atoms with E-state index >= 15 is 0 Å². The van der Waals surface area contributed by atoms with Gasteiger partial charge in [-0.15, -0.1) is 0 Å². The molecule has 1 unspecified atom stereocenters. The normalized spacial score (nSPS) is 17.1. The molecular formula is C24H31N5O5S. The molecule has 1 aliphatic rings. The molecule has 2 aromatic heterocycles. The zero-order valence-electron chi connectivity index (χ0n) is 20.0. The summed E-state index contributed by atoms with van der Waals surface area (Å²) in [5, 5.41) is 26.6. The van der Waals surface area contributed by atoms with Crippen LogP contribution in [0, 0.1) is 0 Å². The molecule has 3 atom stereocenters. The lowest BCUT2D eigenvalue weighted by Gasteiger charge is -2.23. The summed E-state index contributed by atoms with van der Waals surface area (Å²) in [6.07, 6.45) is 3.94. The summed E-state index contributed by atoms with van der Waals surface area (Å²) in [6, 6.07) is 6.28. The molecule has 0 aliphatic carbocycles. The lowest BCUT2D eigenvalue weighted by atomic mass is 10.1. The monoisotopic (exact) mass is 501 g/mol. The number of phenols is 1. The molecule has 3 aromatic rings. The molecule has 35 heavy (non-hydrogen) atoms. The first kappa shape index (κ1) is 25.0. The van der Waals surface area contributed by atoms with E-state index in [2.05, 4.69) is 33.2 Å². The summed E-state index contributed by atoms with van der Waals surface area (Å²) in [6.45, 7) is 6.56. The summed E-state index contributed by atoms with van der Waals surface area (Å²) >= 11 is -1.83. The van der Waals surface area contributed by atoms with Gasteiger partial charge in [-0.05, 0) is 48.9 Å². The van der Waals surface area contributed by atoms with Gasteiger partial charge in [-0.2, -0.15) is 0 Å². The van der Waals surface area contributed by atoms with Crippen LogP contribution in [0.25, 0.3) is 0 Å². The van der Waals surface area contributed by atoms with E-state index in [-0.39, 0.29) is 53.2 Å². The van der Waals surface area contributed by atoms with Crippen molar-refractivity contribution in [2.75, 3.05) is 23.8 Å². The molecule has 188 valence electrons. The van der Waals surface area contributed by atoms with Gasteiger partial charge in [0.2, 0.25) is 11.6 Å². The first-order valence-corrected chi connectivity index (χ1v) is 12.8. The topological polar surface area (TPSA) is 147 Å². The predicted molar refractivity (Wildman–Crippen MR) is 133 cm³/mol. The number of phenolic OH excluding ortho intramolecular Hbond substituents is 1. The van der Waals surface area contributed by atoms with Crippen molar-refractivity contribution in [1.82, 2.24) is 13.6 Å². The van der Waals surface area contributed by atoms with Crippen LogP contribution >= 0.6 is 11.1 Å². The highest BCUT2D eigenvalue weighted by atomic mass is 32.2. The molecule has 0 bridgehead atoms. The summed E-state index contributed by atoms with van der Waals surface area (Å²) in [5.74, 6) is 0.916. The van der Waals surface area contributed by atoms with Crippen molar-refractivity contribution in [1.29, 1.82) is 0 Å². The van der Waals surface area contributed by atoms with Crippen molar-refractivity contribution in [3.05, 3.63) is 47.4 Å². The van der Waals surface area contributed by atoms with Crippen molar-refractivity contribution in [3.8, 4) is 5.75 Å². The Bertz CT molecular complexity index is 1180. The number of aliphatic hydroxyl groups excluding tert-OH is 1. The molecule has 4 rings (SSSR count). The molecule has 1 amide bonds. The average Bonchev–Trinajstić information content (AvgIpc) is 3.58. The number of carbonyl (C=O) groups is 1. The summed E-state index contributed by atoms with van der Waals surface area (Å²) in [7, 11) is 0. The van der Waals surface area contributed by atoms with Crippen LogP contribution in [-0.4, -0.2) is 53.5 Å². The van der Waals surface area contributed by atoms with Crippen LogP contribution in [0.3, 0.4) is 0 Å². The number of amides is 1. The maximum Gasteiger partial charge on any atom is 0.258 e. The lowest BCUT2D eigenvalue weighted by molar-refractivity contribution is 0.0674. The number of rotatable bonds is 9. The zero-order valence-corrected chi connectivity index (χ0v) is 20.8. The molecule has 0 spiro atoms. The van der Waals surface area contributed by atoms with E-state index < -0.39 is 11.1 Å². The van der Waals surface area contributed by atoms with E-state index in [1.54, 1.807) is 23.3 Å². The third-order valence-corrected chi connectivity index (χ3v) is 6.98. The van der Waals surface area contributed by atoms with Gasteiger partial charge < -0.3 is 34.7 Å². The third kappa shape index (κ3) is 5.26. The van der Waals surface area contributed by atoms with Crippen molar-refractivity contribution < 1.29 is 24.0 Å². The number of hydrogen-bond acceptors (Lipinski definition) is 9. The van der Waals surface area contributed by atoms with E-state index in [9.17, 15) is 19.6 Å². The van der Waals surface area contributed by atoms with Crippen LogP contribution in [0.4, 0.5) is 17.3 Å². The van der Waals surface area contributed by atoms with Crippen LogP contribution in [-0.2, 0) is 0 Å². The smallest absolute Gasteiger partial charge is 0.258 e. The lowest BCUT2D eigenvalue weighted by Crippen LogP contribution is -2.37. The Hall–Kier alpha value is -3.15. The van der Waals surface area contributed by atoms with Crippen LogP contribution in [0.1, 0.15) is 73.7 Å². The second-order valence-corrected chi connectivity index (χ2v) is 9.78. The molecule has 4 N–H and O–H groups in total. The first-order valence-electron chi connectivity index (χ1n) is 11.8. The van der Waals surface area contributed by atoms with Crippen LogP contribution < -0.4 is 10.6 Å². The molecule has 0 saturated carbocycles. The average molecular weight is 502 g/mol. The summed E-state index contributed by atoms with van der Waals surface area (Å²) < 4.78 is 26.0. The van der Waals surface area contributed by atoms with E-state index in [1.807, 2.05) is 13.0 Å². The SMILES string of the molecule is CC[C@@H](Nc1n[s+]([O-])nc1Nc1cccc(C(=O)N2CCC[C@H]2CO)c1O)c1cc(C(C)C)co1. The standard InChI is InChI=1S/C24H31N5O5S/c1-4-18(20-11-15(13-34-20)14(2)3)25-22-23(28-35(33)27-22)26-19-9-5-8-17(21(19)31)24(32)29-10-6-7-16(29)12-30/h5,8-9,11,13-14,16,18,30-31H,4,6-7,10,12H2,1-3H3,(H,25,27)(H,26,28)/t16-,18+,35?/m0/s1. The Morgan fingerprint density at radius 3 is 2.80 bits per heavy atom. The number of para-hydroxylation sites is 1. The molecule has 1 aliphatic heterocycles. The number of anilines is 3. The number of carbonyl (C=O) groups excluding carboxylic acids is 1. The van der Waals surface area contributed by atoms with Crippen molar-refractivity contribution in [2.24, 2.45) is 0 Å². The van der Waals surface area contributed by atoms with E-state index in [4.69, 9.17) is 4.42 Å². The maximum atomic E-state index is 13.0. The van der Waals surface area contributed by atoms with Gasteiger partial charge >= 0.3 is 0 Å². The van der Waals surface area contributed by atoms with E-state index in [0.29, 0.717) is 18.9 Å². The highest BCUT2D eigenvalue weighted by Crippen LogP contribution is 2.36. The number of furan rings is 1. The minimum atomic E-state index is -1.83. The van der Waals surface area contributed by atoms with Gasteiger partial charge in [0.15, 0.2) is 16.9 Å². The van der Waals surface area contributed by atoms with Gasteiger partial charge in [0.25, 0.3) is 5.91 Å². The van der Waals surface area contributed by atoms with Gasteiger partial charge in [-0.1, -0.05) is 26.8 Å². The largest absolute Gasteiger partial charge is 0.546 e. The highest BCUT2D eigenvalue weighted by molar-refractivity contribution is 7.14. The number of aromatic nitrogens is 2. The maximum absolute atomic E-state index is 13.0. The fraction of sp³-hybridized carbons (Fsp3) is 0.458. The second-order valence-electron chi connectivity index (χ2n) is 8.96. The Morgan fingerprint density at radius 1 is 1.34 bits per heavy atom. The number of nitrogens with one attached hydrogen (secondary N) is 2. The third-order valence-electron chi connectivity index (χ3n) is 6.30. The fourth-order valence-corrected chi connectivity index (χ4v) is 4.85.